The van der Waals surface area contributed by atoms with Crippen LogP contribution in [0.2, 0.25) is 0 Å². The van der Waals surface area contributed by atoms with Crippen LogP contribution in [0.3, 0.4) is 0 Å². The molecule has 0 aliphatic carbocycles. The van der Waals surface area contributed by atoms with Gasteiger partial charge in [0.25, 0.3) is 15.9 Å². The Kier molecular flexibility index (Phi) is 6.04. The van der Waals surface area contributed by atoms with Crippen LogP contribution in [0.25, 0.3) is 0 Å². The van der Waals surface area contributed by atoms with Crippen molar-refractivity contribution in [2.24, 2.45) is 0 Å². The van der Waals surface area contributed by atoms with E-state index in [0.29, 0.717) is 13.0 Å². The number of halogens is 1. The smallest absolute Gasteiger partial charge is 0.274 e. The zero-order valence-corrected chi connectivity index (χ0v) is 15.2. The summed E-state index contributed by atoms with van der Waals surface area (Å²) in [5, 5.41) is 0. The molecule has 3 rings (SSSR count). The highest BCUT2D eigenvalue weighted by Crippen LogP contribution is 2.17. The number of benzene rings is 2. The number of nitrogens with one attached hydrogen (secondary N) is 2. The molecule has 1 heterocycles. The lowest BCUT2D eigenvalue weighted by Gasteiger charge is -2.22. The molecule has 0 radical (unpaired) electrons. The number of sulfonamides is 1. The zero-order valence-electron chi connectivity index (χ0n) is 14.4. The average Bonchev–Trinajstić information content (AvgIpc) is 2.69. The van der Waals surface area contributed by atoms with E-state index in [1.54, 1.807) is 0 Å². The predicted octanol–water partition coefficient (Wildman–Crippen LogP) is 2.81. The van der Waals surface area contributed by atoms with E-state index >= 15 is 0 Å². The Bertz CT molecular complexity index is 879. The van der Waals surface area contributed by atoms with Crippen LogP contribution in [0.4, 0.5) is 10.1 Å². The number of hydrogen-bond donors (Lipinski definition) is 2. The van der Waals surface area contributed by atoms with Gasteiger partial charge in [0.15, 0.2) is 6.29 Å². The van der Waals surface area contributed by atoms with Crippen molar-refractivity contribution < 1.29 is 27.2 Å². The maximum absolute atomic E-state index is 12.9. The van der Waals surface area contributed by atoms with Crippen molar-refractivity contribution in [2.75, 3.05) is 11.3 Å². The van der Waals surface area contributed by atoms with Crippen molar-refractivity contribution in [1.29, 1.82) is 0 Å². The summed E-state index contributed by atoms with van der Waals surface area (Å²) >= 11 is 0. The summed E-state index contributed by atoms with van der Waals surface area (Å²) in [5.74, 6) is -0.964. The number of hydroxylamine groups is 1. The van der Waals surface area contributed by atoms with Crippen LogP contribution >= 0.6 is 0 Å². The number of hydrogen-bond acceptors (Lipinski definition) is 5. The molecule has 1 saturated heterocycles. The third-order valence-corrected chi connectivity index (χ3v) is 5.34. The molecule has 7 nitrogen and oxygen atoms in total. The number of carbonyl (C=O) groups is 1. The van der Waals surface area contributed by atoms with Crippen molar-refractivity contribution in [3.63, 3.8) is 0 Å². The van der Waals surface area contributed by atoms with Crippen molar-refractivity contribution >= 4 is 21.6 Å². The molecule has 144 valence electrons. The third-order valence-electron chi connectivity index (χ3n) is 3.94. The average molecular weight is 394 g/mol. The summed E-state index contributed by atoms with van der Waals surface area (Å²) < 4.78 is 45.3. The minimum absolute atomic E-state index is 0.0279. The van der Waals surface area contributed by atoms with Crippen LogP contribution in [0.1, 0.15) is 29.6 Å². The fraction of sp³-hybridized carbons (Fsp3) is 0.278. The second-order valence-corrected chi connectivity index (χ2v) is 7.66. The van der Waals surface area contributed by atoms with Gasteiger partial charge in [-0.1, -0.05) is 0 Å². The molecule has 0 spiro atoms. The van der Waals surface area contributed by atoms with Gasteiger partial charge in [0.05, 0.1) is 4.90 Å². The van der Waals surface area contributed by atoms with Gasteiger partial charge in [-0.3, -0.25) is 9.52 Å². The lowest BCUT2D eigenvalue weighted by atomic mass is 10.2. The highest BCUT2D eigenvalue weighted by molar-refractivity contribution is 7.92. The van der Waals surface area contributed by atoms with E-state index in [1.807, 2.05) is 0 Å². The van der Waals surface area contributed by atoms with Crippen molar-refractivity contribution in [2.45, 2.75) is 30.4 Å². The van der Waals surface area contributed by atoms with Gasteiger partial charge < -0.3 is 4.74 Å². The first-order valence-electron chi connectivity index (χ1n) is 8.40. The topological polar surface area (TPSA) is 93.7 Å². The van der Waals surface area contributed by atoms with Crippen LogP contribution < -0.4 is 10.2 Å². The van der Waals surface area contributed by atoms with E-state index in [1.165, 1.54) is 36.4 Å². The molecule has 27 heavy (non-hydrogen) atoms. The van der Waals surface area contributed by atoms with Crippen LogP contribution in [0, 0.1) is 5.82 Å². The fourth-order valence-electron chi connectivity index (χ4n) is 2.50. The number of carbonyl (C=O) groups excluding carboxylic acids is 1. The molecular weight excluding hydrogens is 375 g/mol. The molecule has 2 N–H and O–H groups in total. The van der Waals surface area contributed by atoms with E-state index in [2.05, 4.69) is 10.2 Å². The predicted molar refractivity (Wildman–Crippen MR) is 95.8 cm³/mol. The molecule has 0 unspecified atom stereocenters. The molecule has 0 aromatic heterocycles. The summed E-state index contributed by atoms with van der Waals surface area (Å²) in [7, 11) is -3.85. The largest absolute Gasteiger partial charge is 0.350 e. The molecule has 1 amide bonds. The van der Waals surface area contributed by atoms with Crippen LogP contribution in [-0.2, 0) is 19.6 Å². The maximum Gasteiger partial charge on any atom is 0.274 e. The molecule has 1 atom stereocenters. The maximum atomic E-state index is 12.9. The first-order valence-corrected chi connectivity index (χ1v) is 9.88. The Hall–Kier alpha value is -2.49. The molecule has 1 fully saturated rings. The molecule has 1 aliphatic heterocycles. The van der Waals surface area contributed by atoms with Gasteiger partial charge in [0.2, 0.25) is 0 Å². The highest BCUT2D eigenvalue weighted by Gasteiger charge is 2.18. The van der Waals surface area contributed by atoms with E-state index < -0.39 is 28.0 Å². The zero-order chi connectivity index (χ0) is 19.3. The Labute approximate surface area is 156 Å². The van der Waals surface area contributed by atoms with Gasteiger partial charge in [-0.2, -0.15) is 0 Å². The van der Waals surface area contributed by atoms with Gasteiger partial charge in [-0.15, -0.1) is 0 Å². The molecule has 1 aliphatic rings. The van der Waals surface area contributed by atoms with Crippen LogP contribution in [-0.4, -0.2) is 27.2 Å². The fourth-order valence-corrected chi connectivity index (χ4v) is 3.56. The van der Waals surface area contributed by atoms with Gasteiger partial charge >= 0.3 is 0 Å². The van der Waals surface area contributed by atoms with Crippen molar-refractivity contribution in [3.05, 3.63) is 59.9 Å². The number of rotatable bonds is 6. The molecule has 0 bridgehead atoms. The van der Waals surface area contributed by atoms with Gasteiger partial charge in [0.1, 0.15) is 5.82 Å². The summed E-state index contributed by atoms with van der Waals surface area (Å²) in [6.07, 6.45) is 2.17. The van der Waals surface area contributed by atoms with E-state index in [-0.39, 0.29) is 16.1 Å². The molecule has 2 aromatic carbocycles. The second-order valence-electron chi connectivity index (χ2n) is 5.98. The summed E-state index contributed by atoms with van der Waals surface area (Å²) in [4.78, 5) is 17.3. The minimum Gasteiger partial charge on any atom is -0.350 e. The number of ether oxygens (including phenoxy) is 1. The van der Waals surface area contributed by atoms with Gasteiger partial charge in [-0.05, 0) is 61.4 Å². The standard InChI is InChI=1S/C18H19FN2O5S/c19-14-6-8-15(9-7-14)21-27(23,24)16-10-4-13(5-11-16)18(22)20-26-17-3-1-2-12-25-17/h4-11,17,21H,1-3,12H2,(H,20,22)/t17-/m1/s1. The number of anilines is 1. The number of amides is 1. The Morgan fingerprint density at radius 3 is 2.41 bits per heavy atom. The normalized spacial score (nSPS) is 17.3. The van der Waals surface area contributed by atoms with E-state index in [4.69, 9.17) is 9.57 Å². The van der Waals surface area contributed by atoms with E-state index in [0.717, 1.165) is 25.0 Å². The molecular formula is C18H19FN2O5S. The van der Waals surface area contributed by atoms with Crippen molar-refractivity contribution in [3.8, 4) is 0 Å². The Morgan fingerprint density at radius 2 is 1.78 bits per heavy atom. The first-order chi connectivity index (χ1) is 12.9. The molecule has 0 saturated carbocycles. The Morgan fingerprint density at radius 1 is 1.07 bits per heavy atom. The summed E-state index contributed by atoms with van der Waals surface area (Å²) in [6.45, 7) is 0.591. The summed E-state index contributed by atoms with van der Waals surface area (Å²) in [5.41, 5.74) is 2.78. The molecule has 2 aromatic rings. The van der Waals surface area contributed by atoms with E-state index in [9.17, 15) is 17.6 Å². The first kappa shape index (κ1) is 19.3. The van der Waals surface area contributed by atoms with Crippen LogP contribution in [0.15, 0.2) is 53.4 Å². The monoisotopic (exact) mass is 394 g/mol. The molecule has 9 heteroatoms. The lowest BCUT2D eigenvalue weighted by Crippen LogP contribution is -2.33. The van der Waals surface area contributed by atoms with Crippen molar-refractivity contribution in [1.82, 2.24) is 5.48 Å². The SMILES string of the molecule is O=C(NO[C@@H]1CCCCO1)c1ccc(S(=O)(=O)Nc2ccc(F)cc2)cc1. The minimum atomic E-state index is -3.85. The quantitative estimate of drug-likeness (QED) is 0.735. The van der Waals surface area contributed by atoms with Gasteiger partial charge in [-0.25, -0.2) is 23.1 Å². The highest BCUT2D eigenvalue weighted by atomic mass is 32.2. The summed E-state index contributed by atoms with van der Waals surface area (Å²) in [6, 6.07) is 10.3. The van der Waals surface area contributed by atoms with Gasteiger partial charge in [0, 0.05) is 24.3 Å². The Balaban J connectivity index is 1.61. The third kappa shape index (κ3) is 5.25. The lowest BCUT2D eigenvalue weighted by molar-refractivity contribution is -0.186. The second kappa shape index (κ2) is 8.47. The van der Waals surface area contributed by atoms with Crippen LogP contribution in [0.5, 0.6) is 0 Å².